The molecule has 3 N–H and O–H groups in total. The Kier molecular flexibility index (Phi) is 5.41. The van der Waals surface area contributed by atoms with Crippen LogP contribution in [0.25, 0.3) is 11.1 Å². The molecule has 1 amide bonds. The van der Waals surface area contributed by atoms with Crippen LogP contribution in [0.5, 0.6) is 0 Å². The summed E-state index contributed by atoms with van der Waals surface area (Å²) in [6, 6.07) is 19.7. The highest BCUT2D eigenvalue weighted by Crippen LogP contribution is 2.44. The molecule has 7 heteroatoms. The first-order valence-corrected chi connectivity index (χ1v) is 9.63. The van der Waals surface area contributed by atoms with Crippen molar-refractivity contribution in [1.82, 2.24) is 5.32 Å². The third kappa shape index (κ3) is 3.98. The molecule has 1 atom stereocenters. The fourth-order valence-corrected chi connectivity index (χ4v) is 3.90. The lowest BCUT2D eigenvalue weighted by Gasteiger charge is -2.18. The first-order chi connectivity index (χ1) is 15.0. The second-order valence-corrected chi connectivity index (χ2v) is 7.17. The summed E-state index contributed by atoms with van der Waals surface area (Å²) in [5, 5.41) is 21.0. The van der Waals surface area contributed by atoms with Crippen LogP contribution < -0.4 is 5.32 Å². The molecule has 1 aliphatic rings. The molecule has 7 nitrogen and oxygen atoms in total. The number of aromatic carboxylic acids is 1. The lowest BCUT2D eigenvalue weighted by molar-refractivity contribution is -0.139. The van der Waals surface area contributed by atoms with Crippen LogP contribution in [0.4, 0.5) is 4.79 Å². The summed E-state index contributed by atoms with van der Waals surface area (Å²) in [6.45, 7) is 0.0430. The summed E-state index contributed by atoms with van der Waals surface area (Å²) in [7, 11) is 0. The second-order valence-electron chi connectivity index (χ2n) is 7.17. The predicted octanol–water partition coefficient (Wildman–Crippen LogP) is 4.05. The van der Waals surface area contributed by atoms with E-state index in [1.165, 1.54) is 24.3 Å². The molecule has 0 fully saturated rings. The summed E-state index contributed by atoms with van der Waals surface area (Å²) in [5.41, 5.74) is 4.32. The van der Waals surface area contributed by atoms with Gasteiger partial charge in [-0.1, -0.05) is 60.7 Å². The van der Waals surface area contributed by atoms with Gasteiger partial charge in [0.15, 0.2) is 6.04 Å². The highest BCUT2D eigenvalue weighted by Gasteiger charge is 2.30. The molecule has 3 aromatic carbocycles. The van der Waals surface area contributed by atoms with Crippen LogP contribution in [-0.4, -0.2) is 34.9 Å². The van der Waals surface area contributed by atoms with Crippen molar-refractivity contribution in [2.24, 2.45) is 0 Å². The summed E-state index contributed by atoms with van der Waals surface area (Å²) in [4.78, 5) is 35.3. The molecule has 3 aromatic rings. The normalized spacial score (nSPS) is 13.0. The maximum atomic E-state index is 12.4. The molecule has 1 unspecified atom stereocenters. The number of benzene rings is 3. The van der Waals surface area contributed by atoms with Gasteiger partial charge in [0.25, 0.3) is 0 Å². The third-order valence-electron chi connectivity index (χ3n) is 5.32. The Morgan fingerprint density at radius 3 is 2.06 bits per heavy atom. The Bertz CT molecular complexity index is 1130. The number of aliphatic carboxylic acids is 1. The molecule has 0 aromatic heterocycles. The van der Waals surface area contributed by atoms with E-state index in [2.05, 4.69) is 5.32 Å². The summed E-state index contributed by atoms with van der Waals surface area (Å²) in [6.07, 6.45) is -0.894. The van der Waals surface area contributed by atoms with Gasteiger partial charge in [0.05, 0.1) is 5.56 Å². The molecule has 0 spiro atoms. The molecule has 1 aliphatic carbocycles. The van der Waals surface area contributed by atoms with Gasteiger partial charge in [-0.2, -0.15) is 0 Å². The van der Waals surface area contributed by atoms with Gasteiger partial charge in [-0.05, 0) is 39.9 Å². The fourth-order valence-electron chi connectivity index (χ4n) is 3.90. The number of nitrogens with one attached hydrogen (secondary N) is 1. The summed E-state index contributed by atoms with van der Waals surface area (Å²) in [5.74, 6) is -2.67. The largest absolute Gasteiger partial charge is 0.479 e. The van der Waals surface area contributed by atoms with E-state index in [1.807, 2.05) is 48.5 Å². The highest BCUT2D eigenvalue weighted by atomic mass is 16.5. The minimum absolute atomic E-state index is 0.0430. The van der Waals surface area contributed by atoms with Crippen LogP contribution in [0, 0.1) is 0 Å². The van der Waals surface area contributed by atoms with Crippen LogP contribution in [0.1, 0.15) is 39.0 Å². The van der Waals surface area contributed by atoms with Crippen molar-refractivity contribution >= 4 is 18.0 Å². The van der Waals surface area contributed by atoms with Crippen LogP contribution >= 0.6 is 0 Å². The molecule has 156 valence electrons. The number of carboxylic acid groups (broad SMARTS) is 2. The Labute approximate surface area is 177 Å². The Morgan fingerprint density at radius 2 is 1.48 bits per heavy atom. The number of hydrogen-bond donors (Lipinski definition) is 3. The Morgan fingerprint density at radius 1 is 0.871 bits per heavy atom. The van der Waals surface area contributed by atoms with E-state index in [-0.39, 0.29) is 23.7 Å². The zero-order valence-electron chi connectivity index (χ0n) is 16.3. The zero-order valence-corrected chi connectivity index (χ0v) is 16.3. The van der Waals surface area contributed by atoms with E-state index in [0.717, 1.165) is 22.3 Å². The molecule has 0 saturated heterocycles. The van der Waals surface area contributed by atoms with E-state index in [1.54, 1.807) is 0 Å². The first-order valence-electron chi connectivity index (χ1n) is 9.63. The van der Waals surface area contributed by atoms with Crippen LogP contribution in [0.2, 0.25) is 0 Å². The monoisotopic (exact) mass is 417 g/mol. The van der Waals surface area contributed by atoms with Gasteiger partial charge in [-0.25, -0.2) is 14.4 Å². The second kappa shape index (κ2) is 8.31. The number of alkyl carbamates (subject to hydrolysis) is 1. The summed E-state index contributed by atoms with van der Waals surface area (Å²) < 4.78 is 5.39. The Hall–Kier alpha value is -4.13. The number of ether oxygens (including phenoxy) is 1. The highest BCUT2D eigenvalue weighted by molar-refractivity contribution is 5.89. The van der Waals surface area contributed by atoms with Gasteiger partial charge in [0.1, 0.15) is 6.61 Å². The van der Waals surface area contributed by atoms with Gasteiger partial charge in [0.2, 0.25) is 0 Å². The average molecular weight is 417 g/mol. The molecule has 0 heterocycles. The van der Waals surface area contributed by atoms with Crippen molar-refractivity contribution in [3.05, 3.63) is 95.1 Å². The van der Waals surface area contributed by atoms with Gasteiger partial charge >= 0.3 is 18.0 Å². The van der Waals surface area contributed by atoms with Crippen LogP contribution in [0.15, 0.2) is 72.8 Å². The number of carbonyl (C=O) groups excluding carboxylic acids is 1. The number of fused-ring (bicyclic) bond motifs is 3. The SMILES string of the molecule is O=C(NC(C(=O)O)c1cccc(C(=O)O)c1)OCC1c2ccccc2-c2ccccc21. The van der Waals surface area contributed by atoms with Gasteiger partial charge in [-0.3, -0.25) is 0 Å². The van der Waals surface area contributed by atoms with E-state index in [4.69, 9.17) is 9.84 Å². The minimum Gasteiger partial charge on any atom is -0.479 e. The standard InChI is InChI=1S/C24H19NO6/c26-22(27)15-7-5-6-14(12-15)21(23(28)29)25-24(30)31-13-20-18-10-3-1-8-16(18)17-9-2-4-11-19(17)20/h1-12,20-21H,13H2,(H,25,30)(H,26,27)(H,28,29). The lowest BCUT2D eigenvalue weighted by Crippen LogP contribution is -2.35. The average Bonchev–Trinajstić information content (AvgIpc) is 3.09. The van der Waals surface area contributed by atoms with Gasteiger partial charge < -0.3 is 20.3 Å². The third-order valence-corrected chi connectivity index (χ3v) is 5.32. The Balaban J connectivity index is 1.49. The van der Waals surface area contributed by atoms with E-state index in [0.29, 0.717) is 0 Å². The van der Waals surface area contributed by atoms with E-state index < -0.39 is 24.1 Å². The smallest absolute Gasteiger partial charge is 0.408 e. The van der Waals surface area contributed by atoms with Crippen molar-refractivity contribution in [3.63, 3.8) is 0 Å². The lowest BCUT2D eigenvalue weighted by atomic mass is 9.98. The molecule has 0 saturated carbocycles. The number of carboxylic acids is 2. The maximum Gasteiger partial charge on any atom is 0.408 e. The predicted molar refractivity (Wildman–Crippen MR) is 112 cm³/mol. The molecular formula is C24H19NO6. The van der Waals surface area contributed by atoms with Crippen molar-refractivity contribution in [2.75, 3.05) is 6.61 Å². The quantitative estimate of drug-likeness (QED) is 0.558. The fraction of sp³-hybridized carbons (Fsp3) is 0.125. The van der Waals surface area contributed by atoms with E-state index >= 15 is 0 Å². The maximum absolute atomic E-state index is 12.4. The summed E-state index contributed by atoms with van der Waals surface area (Å²) >= 11 is 0. The van der Waals surface area contributed by atoms with Crippen molar-refractivity contribution in [3.8, 4) is 11.1 Å². The van der Waals surface area contributed by atoms with Gasteiger partial charge in [-0.15, -0.1) is 0 Å². The number of carbonyl (C=O) groups is 3. The van der Waals surface area contributed by atoms with Crippen molar-refractivity contribution < 1.29 is 29.3 Å². The van der Waals surface area contributed by atoms with E-state index in [9.17, 15) is 19.5 Å². The molecule has 0 radical (unpaired) electrons. The van der Waals surface area contributed by atoms with Crippen LogP contribution in [-0.2, 0) is 9.53 Å². The molecule has 0 bridgehead atoms. The number of amides is 1. The number of rotatable bonds is 6. The van der Waals surface area contributed by atoms with Gasteiger partial charge in [0, 0.05) is 5.92 Å². The van der Waals surface area contributed by atoms with Crippen LogP contribution in [0.3, 0.4) is 0 Å². The molecule has 4 rings (SSSR count). The van der Waals surface area contributed by atoms with Crippen molar-refractivity contribution in [1.29, 1.82) is 0 Å². The zero-order chi connectivity index (χ0) is 22.0. The molecular weight excluding hydrogens is 398 g/mol. The number of hydrogen-bond acceptors (Lipinski definition) is 4. The van der Waals surface area contributed by atoms with Crippen molar-refractivity contribution in [2.45, 2.75) is 12.0 Å². The first kappa shape index (κ1) is 20.2. The molecule has 0 aliphatic heterocycles. The topological polar surface area (TPSA) is 113 Å². The minimum atomic E-state index is -1.44. The molecule has 31 heavy (non-hydrogen) atoms.